The highest BCUT2D eigenvalue weighted by molar-refractivity contribution is 7.89. The number of anilines is 4. The van der Waals surface area contributed by atoms with E-state index in [0.29, 0.717) is 49.1 Å². The molecule has 0 radical (unpaired) electrons. The van der Waals surface area contributed by atoms with Crippen LogP contribution >= 0.6 is 0 Å². The van der Waals surface area contributed by atoms with Crippen molar-refractivity contribution in [1.29, 1.82) is 0 Å². The highest BCUT2D eigenvalue weighted by Crippen LogP contribution is 2.24. The van der Waals surface area contributed by atoms with Gasteiger partial charge in [-0.25, -0.2) is 17.8 Å². The number of hydrogen-bond acceptors (Lipinski definition) is 8. The summed E-state index contributed by atoms with van der Waals surface area (Å²) in [6.45, 7) is 0.803. The van der Waals surface area contributed by atoms with Gasteiger partial charge in [0, 0.05) is 48.8 Å². The van der Waals surface area contributed by atoms with E-state index in [1.54, 1.807) is 36.5 Å². The molecule has 2 aromatic carbocycles. The SMILES string of the molecule is O=S(=O)(c1ccc(Nc2nccc(Nc3ccc(F)cc3)n2)cc1)N1CCC(NCc2ccc(F)nc2F)CC1. The Morgan fingerprint density at radius 1 is 0.825 bits per heavy atom. The molecule has 1 saturated heterocycles. The lowest BCUT2D eigenvalue weighted by Crippen LogP contribution is -2.44. The average Bonchev–Trinajstić information content (AvgIpc) is 2.95. The zero-order valence-corrected chi connectivity index (χ0v) is 22.0. The molecule has 4 aromatic rings. The van der Waals surface area contributed by atoms with Crippen LogP contribution < -0.4 is 16.0 Å². The van der Waals surface area contributed by atoms with Crippen LogP contribution in [0.15, 0.2) is 77.8 Å². The van der Waals surface area contributed by atoms with Crippen LogP contribution in [0.5, 0.6) is 0 Å². The summed E-state index contributed by atoms with van der Waals surface area (Å²) in [7, 11) is -3.70. The first-order valence-corrected chi connectivity index (χ1v) is 14.0. The van der Waals surface area contributed by atoms with E-state index in [1.165, 1.54) is 34.6 Å². The fourth-order valence-electron chi connectivity index (χ4n) is 4.29. The minimum atomic E-state index is -3.70. The van der Waals surface area contributed by atoms with Crippen LogP contribution in [0.2, 0.25) is 0 Å². The first-order valence-electron chi connectivity index (χ1n) is 12.5. The number of aromatic nitrogens is 3. The molecule has 2 aromatic heterocycles. The number of hydrogen-bond donors (Lipinski definition) is 3. The van der Waals surface area contributed by atoms with Crippen LogP contribution in [0.3, 0.4) is 0 Å². The molecular formula is C27H26F3N7O2S. The molecule has 0 aliphatic carbocycles. The normalized spacial score (nSPS) is 14.7. The summed E-state index contributed by atoms with van der Waals surface area (Å²) in [5.41, 5.74) is 1.52. The third kappa shape index (κ3) is 6.73. The van der Waals surface area contributed by atoms with Crippen LogP contribution in [0.1, 0.15) is 18.4 Å². The predicted molar refractivity (Wildman–Crippen MR) is 144 cm³/mol. The summed E-state index contributed by atoms with van der Waals surface area (Å²) in [6, 6.07) is 16.3. The van der Waals surface area contributed by atoms with Crippen LogP contribution in [-0.4, -0.2) is 46.8 Å². The Balaban J connectivity index is 1.15. The van der Waals surface area contributed by atoms with E-state index >= 15 is 0 Å². The lowest BCUT2D eigenvalue weighted by atomic mass is 10.1. The molecule has 1 aliphatic heterocycles. The number of nitrogens with zero attached hydrogens (tertiary/aromatic N) is 4. The van der Waals surface area contributed by atoms with E-state index < -0.39 is 21.9 Å². The molecule has 0 bridgehead atoms. The fourth-order valence-corrected chi connectivity index (χ4v) is 5.76. The first kappa shape index (κ1) is 27.5. The molecule has 9 nitrogen and oxygen atoms in total. The maximum atomic E-state index is 13.8. The van der Waals surface area contributed by atoms with Gasteiger partial charge in [-0.1, -0.05) is 0 Å². The van der Waals surface area contributed by atoms with Gasteiger partial charge in [-0.2, -0.15) is 23.1 Å². The molecule has 1 aliphatic rings. The van der Waals surface area contributed by atoms with Crippen molar-refractivity contribution in [3.63, 3.8) is 0 Å². The number of benzene rings is 2. The molecule has 13 heteroatoms. The number of rotatable bonds is 9. The van der Waals surface area contributed by atoms with Crippen LogP contribution in [0.25, 0.3) is 0 Å². The molecule has 40 heavy (non-hydrogen) atoms. The third-order valence-electron chi connectivity index (χ3n) is 6.45. The van der Waals surface area contributed by atoms with Crippen LogP contribution in [-0.2, 0) is 16.6 Å². The molecule has 0 amide bonds. The standard InChI is InChI=1S/C27H26F3N7O2S/c28-19-2-4-21(5-3-19)33-25-11-14-31-27(36-25)34-22-6-8-23(9-7-22)40(38,39)37-15-12-20(13-16-37)32-17-18-1-10-24(29)35-26(18)30/h1-11,14,20,32H,12-13,15-17H2,(H2,31,33,34,36). The van der Waals surface area contributed by atoms with Gasteiger partial charge in [0.15, 0.2) is 0 Å². The molecule has 0 spiro atoms. The van der Waals surface area contributed by atoms with Crippen molar-refractivity contribution >= 4 is 33.2 Å². The second-order valence-corrected chi connectivity index (χ2v) is 11.1. The molecule has 0 atom stereocenters. The topological polar surface area (TPSA) is 112 Å². The smallest absolute Gasteiger partial charge is 0.243 e. The maximum Gasteiger partial charge on any atom is 0.243 e. The lowest BCUT2D eigenvalue weighted by Gasteiger charge is -2.31. The molecular weight excluding hydrogens is 543 g/mol. The number of nitrogens with one attached hydrogen (secondary N) is 3. The van der Waals surface area contributed by atoms with Gasteiger partial charge in [0.05, 0.1) is 4.90 Å². The lowest BCUT2D eigenvalue weighted by molar-refractivity contribution is 0.287. The van der Waals surface area contributed by atoms with Crippen molar-refractivity contribution in [2.45, 2.75) is 30.3 Å². The Morgan fingerprint density at radius 2 is 1.50 bits per heavy atom. The van der Waals surface area contributed by atoms with Gasteiger partial charge in [0.25, 0.3) is 0 Å². The Bertz CT molecular complexity index is 1560. The van der Waals surface area contributed by atoms with Gasteiger partial charge in [-0.05, 0) is 79.6 Å². The van der Waals surface area contributed by atoms with Crippen molar-refractivity contribution in [2.24, 2.45) is 0 Å². The summed E-state index contributed by atoms with van der Waals surface area (Å²) >= 11 is 0. The summed E-state index contributed by atoms with van der Waals surface area (Å²) in [4.78, 5) is 11.9. The minimum absolute atomic E-state index is 0.00390. The van der Waals surface area contributed by atoms with Crippen molar-refractivity contribution in [2.75, 3.05) is 23.7 Å². The van der Waals surface area contributed by atoms with Crippen LogP contribution in [0, 0.1) is 17.7 Å². The quantitative estimate of drug-likeness (QED) is 0.248. The fraction of sp³-hybridized carbons (Fsp3) is 0.222. The van der Waals surface area contributed by atoms with Crippen molar-refractivity contribution in [1.82, 2.24) is 24.6 Å². The van der Waals surface area contributed by atoms with Gasteiger partial charge < -0.3 is 16.0 Å². The largest absolute Gasteiger partial charge is 0.340 e. The Morgan fingerprint density at radius 3 is 2.20 bits per heavy atom. The Hall–Kier alpha value is -4.07. The third-order valence-corrected chi connectivity index (χ3v) is 8.36. The van der Waals surface area contributed by atoms with Gasteiger partial charge in [0.1, 0.15) is 11.6 Å². The van der Waals surface area contributed by atoms with E-state index in [9.17, 15) is 21.6 Å². The number of halogens is 3. The van der Waals surface area contributed by atoms with E-state index in [1.807, 2.05) is 0 Å². The summed E-state index contributed by atoms with van der Waals surface area (Å²) in [6.07, 6.45) is 2.66. The molecule has 5 rings (SSSR count). The van der Waals surface area contributed by atoms with Gasteiger partial charge >= 0.3 is 0 Å². The van der Waals surface area contributed by atoms with E-state index in [4.69, 9.17) is 0 Å². The maximum absolute atomic E-state index is 13.8. The second-order valence-electron chi connectivity index (χ2n) is 9.19. The second kappa shape index (κ2) is 12.0. The Labute approximate surface area is 229 Å². The van der Waals surface area contributed by atoms with Crippen molar-refractivity contribution < 1.29 is 21.6 Å². The van der Waals surface area contributed by atoms with Crippen molar-refractivity contribution in [3.8, 4) is 0 Å². The minimum Gasteiger partial charge on any atom is -0.340 e. The predicted octanol–water partition coefficient (Wildman–Crippen LogP) is 4.72. The number of pyridine rings is 1. The van der Waals surface area contributed by atoms with E-state index in [2.05, 4.69) is 30.9 Å². The molecule has 1 fully saturated rings. The summed E-state index contributed by atoms with van der Waals surface area (Å²) in [5, 5.41) is 9.31. The zero-order chi connectivity index (χ0) is 28.1. The van der Waals surface area contributed by atoms with E-state index in [0.717, 1.165) is 6.07 Å². The summed E-state index contributed by atoms with van der Waals surface area (Å²) in [5.74, 6) is -1.26. The van der Waals surface area contributed by atoms with Crippen LogP contribution in [0.4, 0.5) is 36.3 Å². The molecule has 0 unspecified atom stereocenters. The highest BCUT2D eigenvalue weighted by atomic mass is 32.2. The van der Waals surface area contributed by atoms with Gasteiger partial charge in [0.2, 0.25) is 27.9 Å². The highest BCUT2D eigenvalue weighted by Gasteiger charge is 2.29. The number of sulfonamides is 1. The molecule has 3 N–H and O–H groups in total. The molecule has 3 heterocycles. The average molecular weight is 570 g/mol. The first-order chi connectivity index (χ1) is 19.3. The monoisotopic (exact) mass is 569 g/mol. The molecule has 208 valence electrons. The summed E-state index contributed by atoms with van der Waals surface area (Å²) < 4.78 is 67.7. The Kier molecular flexibility index (Phi) is 8.24. The van der Waals surface area contributed by atoms with Gasteiger partial charge in [-0.3, -0.25) is 0 Å². The zero-order valence-electron chi connectivity index (χ0n) is 21.2. The van der Waals surface area contributed by atoms with Gasteiger partial charge in [-0.15, -0.1) is 0 Å². The molecule has 0 saturated carbocycles. The van der Waals surface area contributed by atoms with E-state index in [-0.39, 0.29) is 28.9 Å². The van der Waals surface area contributed by atoms with Crippen molar-refractivity contribution in [3.05, 3.63) is 96.2 Å². The number of piperidine rings is 1.